The number of hydrogen-bond donors (Lipinski definition) is 0. The summed E-state index contributed by atoms with van der Waals surface area (Å²) in [5.74, 6) is 1.00. The van der Waals surface area contributed by atoms with E-state index in [9.17, 15) is 4.79 Å². The van der Waals surface area contributed by atoms with Crippen LogP contribution in [0, 0.1) is 0 Å². The SMILES string of the molecule is C=CCOc1cc(Br)c(/C=C2/C(=O)N(c3ccccc3)N=C2C)cc1OC. The second-order valence-corrected chi connectivity index (χ2v) is 6.67. The van der Waals surface area contributed by atoms with E-state index < -0.39 is 0 Å². The average Bonchev–Trinajstić information content (AvgIpc) is 2.96. The minimum atomic E-state index is -0.170. The zero-order valence-electron chi connectivity index (χ0n) is 15.1. The standard InChI is InChI=1S/C21H19BrN2O3/c1-4-10-27-20-13-18(22)15(12-19(20)26-3)11-17-14(2)23-24(21(17)25)16-8-6-5-7-9-16/h4-9,11-13H,1,10H2,2-3H3/b17-11+. The Hall–Kier alpha value is -2.86. The highest BCUT2D eigenvalue weighted by Gasteiger charge is 2.28. The van der Waals surface area contributed by atoms with Crippen molar-refractivity contribution in [3.05, 3.63) is 70.7 Å². The Kier molecular flexibility index (Phi) is 5.76. The molecule has 1 amide bonds. The minimum absolute atomic E-state index is 0.170. The van der Waals surface area contributed by atoms with Crippen LogP contribution >= 0.6 is 15.9 Å². The van der Waals surface area contributed by atoms with Crippen LogP contribution in [0.2, 0.25) is 0 Å². The van der Waals surface area contributed by atoms with E-state index in [4.69, 9.17) is 9.47 Å². The fourth-order valence-electron chi connectivity index (χ4n) is 2.67. The topological polar surface area (TPSA) is 51.1 Å². The lowest BCUT2D eigenvalue weighted by atomic mass is 10.1. The molecule has 0 bridgehead atoms. The number of benzene rings is 2. The molecule has 2 aromatic rings. The van der Waals surface area contributed by atoms with Gasteiger partial charge in [-0.3, -0.25) is 4.79 Å². The lowest BCUT2D eigenvalue weighted by Crippen LogP contribution is -2.21. The molecule has 0 saturated carbocycles. The normalized spacial score (nSPS) is 15.1. The molecule has 1 aliphatic heterocycles. The van der Waals surface area contributed by atoms with Gasteiger partial charge in [0.2, 0.25) is 0 Å². The summed E-state index contributed by atoms with van der Waals surface area (Å²) in [4.78, 5) is 12.9. The molecule has 6 heteroatoms. The molecule has 0 spiro atoms. The van der Waals surface area contributed by atoms with Crippen LogP contribution in [-0.2, 0) is 4.79 Å². The Balaban J connectivity index is 1.96. The lowest BCUT2D eigenvalue weighted by molar-refractivity contribution is -0.114. The van der Waals surface area contributed by atoms with Crippen molar-refractivity contribution in [3.63, 3.8) is 0 Å². The van der Waals surface area contributed by atoms with E-state index in [0.717, 1.165) is 15.7 Å². The molecule has 3 rings (SSSR count). The predicted octanol–water partition coefficient (Wildman–Crippen LogP) is 4.83. The summed E-state index contributed by atoms with van der Waals surface area (Å²) in [5.41, 5.74) is 2.71. The molecular weight excluding hydrogens is 408 g/mol. The number of nitrogens with zero attached hydrogens (tertiary/aromatic N) is 2. The molecule has 0 saturated heterocycles. The highest BCUT2D eigenvalue weighted by Crippen LogP contribution is 2.35. The van der Waals surface area contributed by atoms with Gasteiger partial charge in [-0.1, -0.05) is 46.8 Å². The molecule has 138 valence electrons. The van der Waals surface area contributed by atoms with Gasteiger partial charge in [-0.05, 0) is 42.8 Å². The van der Waals surface area contributed by atoms with Crippen molar-refractivity contribution < 1.29 is 14.3 Å². The average molecular weight is 427 g/mol. The van der Waals surface area contributed by atoms with E-state index in [2.05, 4.69) is 27.6 Å². The number of anilines is 1. The second-order valence-electron chi connectivity index (χ2n) is 5.82. The Labute approximate surface area is 166 Å². The van der Waals surface area contributed by atoms with E-state index in [1.807, 2.05) is 49.4 Å². The molecule has 0 aliphatic carbocycles. The third-order valence-electron chi connectivity index (χ3n) is 4.00. The molecule has 0 atom stereocenters. The number of hydrazone groups is 1. The van der Waals surface area contributed by atoms with Gasteiger partial charge in [-0.25, -0.2) is 0 Å². The summed E-state index contributed by atoms with van der Waals surface area (Å²) in [7, 11) is 1.57. The lowest BCUT2D eigenvalue weighted by Gasteiger charge is -2.13. The number of methoxy groups -OCH3 is 1. The van der Waals surface area contributed by atoms with Crippen molar-refractivity contribution in [3.8, 4) is 11.5 Å². The number of ether oxygens (including phenoxy) is 2. The maximum atomic E-state index is 12.9. The van der Waals surface area contributed by atoms with Crippen LogP contribution in [0.4, 0.5) is 5.69 Å². The number of carbonyl (C=O) groups is 1. The largest absolute Gasteiger partial charge is 0.493 e. The van der Waals surface area contributed by atoms with Gasteiger partial charge < -0.3 is 9.47 Å². The van der Waals surface area contributed by atoms with Crippen LogP contribution in [0.3, 0.4) is 0 Å². The molecule has 27 heavy (non-hydrogen) atoms. The van der Waals surface area contributed by atoms with E-state index in [-0.39, 0.29) is 5.91 Å². The van der Waals surface area contributed by atoms with Crippen molar-refractivity contribution >= 4 is 39.3 Å². The zero-order chi connectivity index (χ0) is 19.4. The Morgan fingerprint density at radius 1 is 1.22 bits per heavy atom. The molecular formula is C21H19BrN2O3. The van der Waals surface area contributed by atoms with Crippen LogP contribution in [0.1, 0.15) is 12.5 Å². The first-order valence-corrected chi connectivity index (χ1v) is 9.12. The molecule has 2 aromatic carbocycles. The Morgan fingerprint density at radius 3 is 2.63 bits per heavy atom. The third kappa shape index (κ3) is 3.95. The summed E-state index contributed by atoms with van der Waals surface area (Å²) in [5, 5.41) is 5.81. The molecule has 1 aliphatic rings. The first-order valence-electron chi connectivity index (χ1n) is 8.33. The van der Waals surface area contributed by atoms with E-state index in [1.165, 1.54) is 5.01 Å². The van der Waals surface area contributed by atoms with Gasteiger partial charge >= 0.3 is 0 Å². The number of hydrogen-bond acceptors (Lipinski definition) is 4. The number of rotatable bonds is 6. The molecule has 0 fully saturated rings. The smallest absolute Gasteiger partial charge is 0.280 e. The summed E-state index contributed by atoms with van der Waals surface area (Å²) in [6.07, 6.45) is 3.46. The fraction of sp³-hybridized carbons (Fsp3) is 0.143. The van der Waals surface area contributed by atoms with Crippen molar-refractivity contribution in [2.45, 2.75) is 6.92 Å². The molecule has 0 N–H and O–H groups in total. The summed E-state index contributed by atoms with van der Waals surface area (Å²) in [6, 6.07) is 13.0. The van der Waals surface area contributed by atoms with Crippen LogP contribution in [-0.4, -0.2) is 25.3 Å². The maximum Gasteiger partial charge on any atom is 0.280 e. The van der Waals surface area contributed by atoms with Gasteiger partial charge in [-0.2, -0.15) is 10.1 Å². The van der Waals surface area contributed by atoms with Crippen molar-refractivity contribution in [1.29, 1.82) is 0 Å². The summed E-state index contributed by atoms with van der Waals surface area (Å²) >= 11 is 3.54. The highest BCUT2D eigenvalue weighted by molar-refractivity contribution is 9.10. The number of halogens is 1. The van der Waals surface area contributed by atoms with Gasteiger partial charge in [0.1, 0.15) is 6.61 Å². The maximum absolute atomic E-state index is 12.9. The monoisotopic (exact) mass is 426 g/mol. The molecule has 1 heterocycles. The minimum Gasteiger partial charge on any atom is -0.493 e. The molecule has 0 radical (unpaired) electrons. The van der Waals surface area contributed by atoms with Gasteiger partial charge in [-0.15, -0.1) is 0 Å². The van der Waals surface area contributed by atoms with E-state index >= 15 is 0 Å². The molecule has 0 aromatic heterocycles. The van der Waals surface area contributed by atoms with Gasteiger partial charge in [0.05, 0.1) is 24.1 Å². The molecule has 5 nitrogen and oxygen atoms in total. The predicted molar refractivity (Wildman–Crippen MR) is 111 cm³/mol. The zero-order valence-corrected chi connectivity index (χ0v) is 16.7. The second kappa shape index (κ2) is 8.22. The number of para-hydroxylation sites is 1. The van der Waals surface area contributed by atoms with Crippen LogP contribution in [0.25, 0.3) is 6.08 Å². The third-order valence-corrected chi connectivity index (χ3v) is 4.69. The quantitative estimate of drug-likeness (QED) is 0.490. The van der Waals surface area contributed by atoms with Crippen molar-refractivity contribution in [1.82, 2.24) is 0 Å². The van der Waals surface area contributed by atoms with Crippen LogP contribution in [0.15, 0.2) is 70.3 Å². The van der Waals surface area contributed by atoms with Gasteiger partial charge in [0.25, 0.3) is 5.91 Å². The fourth-order valence-corrected chi connectivity index (χ4v) is 3.10. The highest BCUT2D eigenvalue weighted by atomic mass is 79.9. The van der Waals surface area contributed by atoms with Gasteiger partial charge in [0.15, 0.2) is 11.5 Å². The van der Waals surface area contributed by atoms with Crippen molar-refractivity contribution in [2.75, 3.05) is 18.7 Å². The first kappa shape index (κ1) is 18.9. The first-order chi connectivity index (χ1) is 13.0. The van der Waals surface area contributed by atoms with Gasteiger partial charge in [0, 0.05) is 4.47 Å². The van der Waals surface area contributed by atoms with E-state index in [1.54, 1.807) is 19.3 Å². The molecule has 0 unspecified atom stereocenters. The van der Waals surface area contributed by atoms with Crippen molar-refractivity contribution in [2.24, 2.45) is 5.10 Å². The Morgan fingerprint density at radius 2 is 1.96 bits per heavy atom. The van der Waals surface area contributed by atoms with Crippen LogP contribution < -0.4 is 14.5 Å². The summed E-state index contributed by atoms with van der Waals surface area (Å²) in [6.45, 7) is 5.84. The summed E-state index contributed by atoms with van der Waals surface area (Å²) < 4.78 is 11.8. The van der Waals surface area contributed by atoms with Crippen LogP contribution in [0.5, 0.6) is 11.5 Å². The Bertz CT molecular complexity index is 936. The number of amides is 1. The van der Waals surface area contributed by atoms with E-state index in [0.29, 0.717) is 29.4 Å². The number of carbonyl (C=O) groups excluding carboxylic acids is 1.